The summed E-state index contributed by atoms with van der Waals surface area (Å²) in [6, 6.07) is 4.24. The van der Waals surface area contributed by atoms with Crippen LogP contribution < -0.4 is 10.6 Å². The van der Waals surface area contributed by atoms with Gasteiger partial charge in [-0.3, -0.25) is 4.79 Å². The monoisotopic (exact) mass is 233 g/mol. The first kappa shape index (κ1) is 11.9. The largest absolute Gasteiger partial charge is 0.367 e. The lowest BCUT2D eigenvalue weighted by atomic mass is 10.1. The molecule has 2 N–H and O–H groups in total. The highest BCUT2D eigenvalue weighted by Gasteiger charge is 2.21. The zero-order valence-electron chi connectivity index (χ0n) is 10.6. The lowest BCUT2D eigenvalue weighted by molar-refractivity contribution is 0.0919. The summed E-state index contributed by atoms with van der Waals surface area (Å²) in [5, 5.41) is 6.20. The molecular weight excluding hydrogens is 214 g/mol. The van der Waals surface area contributed by atoms with Crippen LogP contribution in [0.5, 0.6) is 0 Å². The fraction of sp³-hybridized carbons (Fsp3) is 0.538. The minimum atomic E-state index is -0.220. The van der Waals surface area contributed by atoms with Crippen LogP contribution >= 0.6 is 0 Å². The maximum Gasteiger partial charge on any atom is 0.253 e. The molecule has 1 aliphatic carbocycles. The highest BCUT2D eigenvalue weighted by molar-refractivity contribution is 5.94. The van der Waals surface area contributed by atoms with Crippen molar-refractivity contribution in [3.8, 4) is 0 Å². The topological polar surface area (TPSA) is 54.0 Å². The van der Waals surface area contributed by atoms with E-state index in [0.29, 0.717) is 11.6 Å². The zero-order valence-corrected chi connectivity index (χ0v) is 10.6. The van der Waals surface area contributed by atoms with Gasteiger partial charge in [0, 0.05) is 17.8 Å². The van der Waals surface area contributed by atoms with Crippen molar-refractivity contribution in [1.29, 1.82) is 0 Å². The van der Waals surface area contributed by atoms with Gasteiger partial charge >= 0.3 is 0 Å². The minimum Gasteiger partial charge on any atom is -0.367 e. The Morgan fingerprint density at radius 2 is 2.06 bits per heavy atom. The molecule has 0 aliphatic heterocycles. The van der Waals surface area contributed by atoms with Gasteiger partial charge in [0.1, 0.15) is 5.82 Å². The summed E-state index contributed by atoms with van der Waals surface area (Å²) in [5.74, 6) is 0.766. The molecule has 0 saturated heterocycles. The molecule has 2 rings (SSSR count). The second kappa shape index (κ2) is 4.35. The number of aromatic nitrogens is 1. The SMILES string of the molecule is CC(C)(C)NC(=O)c1ccc(NC2CC2)nc1. The molecule has 1 aromatic rings. The smallest absolute Gasteiger partial charge is 0.253 e. The number of hydrogen-bond acceptors (Lipinski definition) is 3. The van der Waals surface area contributed by atoms with Gasteiger partial charge in [-0.2, -0.15) is 0 Å². The third-order valence-corrected chi connectivity index (χ3v) is 2.44. The molecule has 1 fully saturated rings. The molecule has 4 heteroatoms. The fourth-order valence-electron chi connectivity index (χ4n) is 1.46. The van der Waals surface area contributed by atoms with E-state index in [1.54, 1.807) is 12.3 Å². The number of anilines is 1. The summed E-state index contributed by atoms with van der Waals surface area (Å²) in [7, 11) is 0. The van der Waals surface area contributed by atoms with Crippen LogP contribution in [0.1, 0.15) is 44.0 Å². The first-order valence-electron chi connectivity index (χ1n) is 5.99. The number of carbonyl (C=O) groups excluding carboxylic acids is 1. The molecule has 0 radical (unpaired) electrons. The molecule has 0 unspecified atom stereocenters. The lowest BCUT2D eigenvalue weighted by Crippen LogP contribution is -2.40. The van der Waals surface area contributed by atoms with Gasteiger partial charge in [0.2, 0.25) is 0 Å². The second-order valence-corrected chi connectivity index (χ2v) is 5.55. The molecule has 17 heavy (non-hydrogen) atoms. The Morgan fingerprint density at radius 3 is 2.53 bits per heavy atom. The van der Waals surface area contributed by atoms with E-state index in [1.165, 1.54) is 12.8 Å². The summed E-state index contributed by atoms with van der Waals surface area (Å²) in [6.45, 7) is 5.88. The number of amides is 1. The Bertz CT molecular complexity index is 402. The van der Waals surface area contributed by atoms with Gasteiger partial charge in [0.05, 0.1) is 5.56 Å². The highest BCUT2D eigenvalue weighted by atomic mass is 16.1. The van der Waals surface area contributed by atoms with Crippen LogP contribution in [0.4, 0.5) is 5.82 Å². The fourth-order valence-corrected chi connectivity index (χ4v) is 1.46. The van der Waals surface area contributed by atoms with Crippen molar-refractivity contribution < 1.29 is 4.79 Å². The van der Waals surface area contributed by atoms with Crippen molar-refractivity contribution in [3.63, 3.8) is 0 Å². The third kappa shape index (κ3) is 3.73. The minimum absolute atomic E-state index is 0.0806. The molecule has 1 aromatic heterocycles. The van der Waals surface area contributed by atoms with E-state index >= 15 is 0 Å². The van der Waals surface area contributed by atoms with Gasteiger partial charge in [0.25, 0.3) is 5.91 Å². The maximum absolute atomic E-state index is 11.8. The Morgan fingerprint density at radius 1 is 1.35 bits per heavy atom. The van der Waals surface area contributed by atoms with Crippen molar-refractivity contribution in [2.45, 2.75) is 45.2 Å². The van der Waals surface area contributed by atoms with Crippen LogP contribution in [0, 0.1) is 0 Å². The Balaban J connectivity index is 1.98. The van der Waals surface area contributed by atoms with Crippen LogP contribution in [-0.4, -0.2) is 22.5 Å². The first-order chi connectivity index (χ1) is 7.94. The molecule has 92 valence electrons. The van der Waals surface area contributed by atoms with Gasteiger partial charge < -0.3 is 10.6 Å². The summed E-state index contributed by atoms with van der Waals surface area (Å²) in [4.78, 5) is 16.1. The normalized spacial score (nSPS) is 15.5. The predicted molar refractivity (Wildman–Crippen MR) is 68.1 cm³/mol. The van der Waals surface area contributed by atoms with Gasteiger partial charge in [-0.1, -0.05) is 0 Å². The molecule has 1 saturated carbocycles. The quantitative estimate of drug-likeness (QED) is 0.841. The number of nitrogens with one attached hydrogen (secondary N) is 2. The second-order valence-electron chi connectivity index (χ2n) is 5.55. The Kier molecular flexibility index (Phi) is 3.05. The van der Waals surface area contributed by atoms with E-state index in [2.05, 4.69) is 15.6 Å². The van der Waals surface area contributed by atoms with Crippen LogP contribution in [0.3, 0.4) is 0 Å². The molecule has 0 spiro atoms. The van der Waals surface area contributed by atoms with E-state index in [0.717, 1.165) is 5.82 Å². The van der Waals surface area contributed by atoms with E-state index in [1.807, 2.05) is 26.8 Å². The summed E-state index contributed by atoms with van der Waals surface area (Å²) in [5.41, 5.74) is 0.378. The molecule has 1 amide bonds. The van der Waals surface area contributed by atoms with Gasteiger partial charge in [-0.25, -0.2) is 4.98 Å². The van der Waals surface area contributed by atoms with Crippen LogP contribution in [0.2, 0.25) is 0 Å². The average Bonchev–Trinajstić information content (AvgIpc) is 3.00. The number of rotatable bonds is 3. The molecule has 0 bridgehead atoms. The van der Waals surface area contributed by atoms with E-state index in [-0.39, 0.29) is 11.4 Å². The highest BCUT2D eigenvalue weighted by Crippen LogP contribution is 2.23. The Labute approximate surface area is 102 Å². The standard InChI is InChI=1S/C13H19N3O/c1-13(2,3)16-12(17)9-4-7-11(14-8-9)15-10-5-6-10/h4,7-8,10H,5-6H2,1-3H3,(H,14,15)(H,16,17). The van der Waals surface area contributed by atoms with E-state index < -0.39 is 0 Å². The van der Waals surface area contributed by atoms with Crippen molar-refractivity contribution >= 4 is 11.7 Å². The van der Waals surface area contributed by atoms with Crippen LogP contribution in [0.15, 0.2) is 18.3 Å². The van der Waals surface area contributed by atoms with Gasteiger partial charge in [-0.05, 0) is 45.7 Å². The molecule has 1 heterocycles. The number of pyridine rings is 1. The van der Waals surface area contributed by atoms with Crippen LogP contribution in [-0.2, 0) is 0 Å². The van der Waals surface area contributed by atoms with Crippen LogP contribution in [0.25, 0.3) is 0 Å². The molecule has 0 aromatic carbocycles. The lowest BCUT2D eigenvalue weighted by Gasteiger charge is -2.20. The van der Waals surface area contributed by atoms with Crippen molar-refractivity contribution in [3.05, 3.63) is 23.9 Å². The van der Waals surface area contributed by atoms with Crippen molar-refractivity contribution in [2.75, 3.05) is 5.32 Å². The molecular formula is C13H19N3O. The average molecular weight is 233 g/mol. The van der Waals surface area contributed by atoms with E-state index in [4.69, 9.17) is 0 Å². The molecule has 1 aliphatic rings. The number of nitrogens with zero attached hydrogens (tertiary/aromatic N) is 1. The van der Waals surface area contributed by atoms with Crippen molar-refractivity contribution in [1.82, 2.24) is 10.3 Å². The molecule has 0 atom stereocenters. The third-order valence-electron chi connectivity index (χ3n) is 2.44. The predicted octanol–water partition coefficient (Wildman–Crippen LogP) is 2.18. The number of hydrogen-bond donors (Lipinski definition) is 2. The van der Waals surface area contributed by atoms with E-state index in [9.17, 15) is 4.79 Å². The Hall–Kier alpha value is -1.58. The van der Waals surface area contributed by atoms with Gasteiger partial charge in [0.15, 0.2) is 0 Å². The van der Waals surface area contributed by atoms with Crippen molar-refractivity contribution in [2.24, 2.45) is 0 Å². The molecule has 4 nitrogen and oxygen atoms in total. The zero-order chi connectivity index (χ0) is 12.5. The first-order valence-corrected chi connectivity index (χ1v) is 5.99. The van der Waals surface area contributed by atoms with Gasteiger partial charge in [-0.15, -0.1) is 0 Å². The maximum atomic E-state index is 11.8. The summed E-state index contributed by atoms with van der Waals surface area (Å²) >= 11 is 0. The summed E-state index contributed by atoms with van der Waals surface area (Å²) in [6.07, 6.45) is 4.05. The number of carbonyl (C=O) groups is 1. The summed E-state index contributed by atoms with van der Waals surface area (Å²) < 4.78 is 0.